The van der Waals surface area contributed by atoms with Crippen LogP contribution < -0.4 is 9.47 Å². The molecule has 1 atom stereocenters. The van der Waals surface area contributed by atoms with Crippen LogP contribution in [0.25, 0.3) is 0 Å². The number of amides is 2. The maximum atomic E-state index is 12.6. The fourth-order valence-electron chi connectivity index (χ4n) is 3.36. The number of benzene rings is 1. The van der Waals surface area contributed by atoms with Gasteiger partial charge in [0.25, 0.3) is 5.91 Å². The molecule has 1 aromatic rings. The van der Waals surface area contributed by atoms with Crippen LogP contribution in [0, 0.1) is 0 Å². The molecule has 0 spiro atoms. The molecule has 0 saturated carbocycles. The minimum atomic E-state index is -1.03. The van der Waals surface area contributed by atoms with Crippen LogP contribution in [0.1, 0.15) is 33.1 Å². The second-order valence-electron chi connectivity index (χ2n) is 6.67. The molecule has 0 aromatic heterocycles. The number of nitrogens with zero attached hydrogens (tertiary/aromatic N) is 2. The van der Waals surface area contributed by atoms with Gasteiger partial charge in [-0.25, -0.2) is 0 Å². The molecular weight excluding hydrogens is 364 g/mol. The van der Waals surface area contributed by atoms with Crippen molar-refractivity contribution in [1.29, 1.82) is 0 Å². The van der Waals surface area contributed by atoms with Crippen LogP contribution in [0.2, 0.25) is 0 Å². The smallest absolute Gasteiger partial charge is 0.323 e. The summed E-state index contributed by atoms with van der Waals surface area (Å²) in [6, 6.07) is 7.03. The zero-order chi connectivity index (χ0) is 20.5. The molecule has 0 radical (unpaired) electrons. The molecule has 1 aliphatic heterocycles. The lowest BCUT2D eigenvalue weighted by atomic mass is 10.1. The quantitative estimate of drug-likeness (QED) is 0.724. The minimum Gasteiger partial charge on any atom is -0.490 e. The monoisotopic (exact) mass is 392 g/mol. The van der Waals surface area contributed by atoms with Gasteiger partial charge in [0.2, 0.25) is 5.91 Å². The summed E-state index contributed by atoms with van der Waals surface area (Å²) in [7, 11) is 0. The summed E-state index contributed by atoms with van der Waals surface area (Å²) >= 11 is 0. The van der Waals surface area contributed by atoms with Gasteiger partial charge in [-0.05, 0) is 38.3 Å². The van der Waals surface area contributed by atoms with Crippen LogP contribution in [-0.2, 0) is 14.4 Å². The van der Waals surface area contributed by atoms with Crippen molar-refractivity contribution in [3.05, 3.63) is 24.3 Å². The number of hydrogen-bond donors (Lipinski definition) is 1. The van der Waals surface area contributed by atoms with Gasteiger partial charge in [-0.1, -0.05) is 12.1 Å². The van der Waals surface area contributed by atoms with E-state index in [1.165, 1.54) is 11.8 Å². The summed E-state index contributed by atoms with van der Waals surface area (Å²) in [6.07, 6.45) is 1.92. The molecule has 1 aliphatic rings. The summed E-state index contributed by atoms with van der Waals surface area (Å²) < 4.78 is 11.1. The van der Waals surface area contributed by atoms with Crippen molar-refractivity contribution in [2.75, 3.05) is 32.8 Å². The van der Waals surface area contributed by atoms with E-state index in [1.54, 1.807) is 17.0 Å². The molecule has 8 nitrogen and oxygen atoms in total. The highest BCUT2D eigenvalue weighted by Crippen LogP contribution is 2.26. The number of aliphatic carboxylic acids is 1. The second-order valence-corrected chi connectivity index (χ2v) is 6.67. The average molecular weight is 392 g/mol. The van der Waals surface area contributed by atoms with Crippen molar-refractivity contribution in [2.45, 2.75) is 39.2 Å². The molecule has 154 valence electrons. The fraction of sp³-hybridized carbons (Fsp3) is 0.550. The number of carbonyl (C=O) groups is 3. The first-order chi connectivity index (χ1) is 13.4. The molecular formula is C20H28N2O6. The molecule has 28 heavy (non-hydrogen) atoms. The van der Waals surface area contributed by atoms with E-state index in [4.69, 9.17) is 14.6 Å². The lowest BCUT2D eigenvalue weighted by Crippen LogP contribution is -2.43. The predicted octanol–water partition coefficient (Wildman–Crippen LogP) is 1.78. The first-order valence-electron chi connectivity index (χ1n) is 9.53. The number of rotatable bonds is 8. The number of ether oxygens (including phenoxy) is 2. The maximum absolute atomic E-state index is 12.6. The van der Waals surface area contributed by atoms with Gasteiger partial charge >= 0.3 is 5.97 Å². The molecule has 2 rings (SSSR count). The van der Waals surface area contributed by atoms with E-state index in [9.17, 15) is 14.4 Å². The molecule has 1 unspecified atom stereocenters. The van der Waals surface area contributed by atoms with E-state index in [1.807, 2.05) is 19.1 Å². The van der Waals surface area contributed by atoms with E-state index < -0.39 is 5.97 Å². The Morgan fingerprint density at radius 1 is 1.14 bits per heavy atom. The van der Waals surface area contributed by atoms with Crippen LogP contribution in [0.15, 0.2) is 24.3 Å². The first-order valence-corrected chi connectivity index (χ1v) is 9.53. The molecule has 0 aliphatic carbocycles. The van der Waals surface area contributed by atoms with Crippen LogP contribution in [0.3, 0.4) is 0 Å². The van der Waals surface area contributed by atoms with Crippen molar-refractivity contribution in [3.63, 3.8) is 0 Å². The van der Waals surface area contributed by atoms with Gasteiger partial charge in [0, 0.05) is 26.1 Å². The zero-order valence-corrected chi connectivity index (χ0v) is 16.4. The Labute approximate surface area is 165 Å². The first kappa shape index (κ1) is 21.5. The van der Waals surface area contributed by atoms with E-state index in [0.717, 1.165) is 0 Å². The third kappa shape index (κ3) is 6.14. The summed E-state index contributed by atoms with van der Waals surface area (Å²) in [6.45, 7) is 4.37. The van der Waals surface area contributed by atoms with Crippen molar-refractivity contribution < 1.29 is 29.0 Å². The van der Waals surface area contributed by atoms with E-state index in [2.05, 4.69) is 0 Å². The van der Waals surface area contributed by atoms with E-state index >= 15 is 0 Å². The Balaban J connectivity index is 1.92. The van der Waals surface area contributed by atoms with Crippen LogP contribution in [0.4, 0.5) is 0 Å². The molecule has 1 saturated heterocycles. The van der Waals surface area contributed by atoms with Gasteiger partial charge in [-0.2, -0.15) is 0 Å². The van der Waals surface area contributed by atoms with Gasteiger partial charge in [-0.15, -0.1) is 0 Å². The largest absolute Gasteiger partial charge is 0.490 e. The van der Waals surface area contributed by atoms with E-state index in [0.29, 0.717) is 50.5 Å². The normalized spacial score (nSPS) is 16.8. The van der Waals surface area contributed by atoms with Gasteiger partial charge in [0.1, 0.15) is 6.54 Å². The zero-order valence-electron chi connectivity index (χ0n) is 16.4. The Morgan fingerprint density at radius 3 is 2.43 bits per heavy atom. The van der Waals surface area contributed by atoms with Gasteiger partial charge in [0.05, 0.1) is 6.61 Å². The molecule has 2 amide bonds. The van der Waals surface area contributed by atoms with Crippen molar-refractivity contribution in [1.82, 2.24) is 9.80 Å². The van der Waals surface area contributed by atoms with Crippen LogP contribution >= 0.6 is 0 Å². The topological polar surface area (TPSA) is 96.4 Å². The number of likely N-dealkylation sites (tertiary alicyclic amines) is 1. The van der Waals surface area contributed by atoms with Gasteiger partial charge in [0.15, 0.2) is 18.1 Å². The lowest BCUT2D eigenvalue weighted by molar-refractivity contribution is -0.145. The Kier molecular flexibility index (Phi) is 8.10. The number of para-hydroxylation sites is 2. The summed E-state index contributed by atoms with van der Waals surface area (Å²) in [5, 5.41) is 9.03. The standard InChI is InChI=1S/C20H28N2O6/c1-3-27-17-8-4-5-9-18(17)28-14-19(24)21-11-6-7-16(10-12-21)22(15(2)23)13-20(25)26/h4-5,8-9,16H,3,6-7,10-14H2,1-2H3,(H,25,26). The van der Waals surface area contributed by atoms with Crippen LogP contribution in [-0.4, -0.2) is 71.6 Å². The Hall–Kier alpha value is -2.77. The minimum absolute atomic E-state index is 0.0969. The Morgan fingerprint density at radius 2 is 1.82 bits per heavy atom. The number of carboxylic acids is 1. The van der Waals surface area contributed by atoms with Crippen molar-refractivity contribution >= 4 is 17.8 Å². The Bertz CT molecular complexity index is 693. The second kappa shape index (κ2) is 10.5. The highest BCUT2D eigenvalue weighted by atomic mass is 16.5. The number of hydrogen-bond acceptors (Lipinski definition) is 5. The molecule has 1 heterocycles. The maximum Gasteiger partial charge on any atom is 0.323 e. The molecule has 1 aromatic carbocycles. The van der Waals surface area contributed by atoms with Crippen LogP contribution in [0.5, 0.6) is 11.5 Å². The number of carbonyl (C=O) groups excluding carboxylic acids is 2. The SMILES string of the molecule is CCOc1ccccc1OCC(=O)N1CCCC(N(CC(=O)O)C(C)=O)CC1. The average Bonchev–Trinajstić information content (AvgIpc) is 2.91. The summed E-state index contributed by atoms with van der Waals surface area (Å²) in [5.41, 5.74) is 0. The molecule has 0 bridgehead atoms. The van der Waals surface area contributed by atoms with E-state index in [-0.39, 0.29) is 31.0 Å². The predicted molar refractivity (Wildman–Crippen MR) is 102 cm³/mol. The van der Waals surface area contributed by atoms with Crippen molar-refractivity contribution in [3.8, 4) is 11.5 Å². The highest BCUT2D eigenvalue weighted by molar-refractivity contribution is 5.80. The van der Waals surface area contributed by atoms with Gasteiger partial charge < -0.3 is 24.4 Å². The van der Waals surface area contributed by atoms with Crippen molar-refractivity contribution in [2.24, 2.45) is 0 Å². The molecule has 1 fully saturated rings. The number of carboxylic acid groups (broad SMARTS) is 1. The third-order valence-electron chi connectivity index (χ3n) is 4.70. The summed E-state index contributed by atoms with van der Waals surface area (Å²) in [5.74, 6) is -0.314. The molecule has 8 heteroatoms. The fourth-order valence-corrected chi connectivity index (χ4v) is 3.36. The third-order valence-corrected chi connectivity index (χ3v) is 4.70. The lowest BCUT2D eigenvalue weighted by Gasteiger charge is -2.28. The van der Waals surface area contributed by atoms with Gasteiger partial charge in [-0.3, -0.25) is 14.4 Å². The molecule has 1 N–H and O–H groups in total. The summed E-state index contributed by atoms with van der Waals surface area (Å²) in [4.78, 5) is 38.5. The highest BCUT2D eigenvalue weighted by Gasteiger charge is 2.27.